The van der Waals surface area contributed by atoms with Gasteiger partial charge in [-0.1, -0.05) is 0 Å². The van der Waals surface area contributed by atoms with Gasteiger partial charge in [-0.05, 0) is 42.5 Å². The van der Waals surface area contributed by atoms with Gasteiger partial charge in [0.2, 0.25) is 5.91 Å². The van der Waals surface area contributed by atoms with Crippen molar-refractivity contribution in [1.29, 1.82) is 0 Å². The summed E-state index contributed by atoms with van der Waals surface area (Å²) in [6.45, 7) is 1.34. The Balaban J connectivity index is 1.74. The molecule has 2 aromatic carbocycles. The van der Waals surface area contributed by atoms with E-state index in [1.54, 1.807) is 30.3 Å². The van der Waals surface area contributed by atoms with Crippen molar-refractivity contribution in [2.45, 2.75) is 6.92 Å². The number of nitrogens with one attached hydrogen (secondary N) is 2. The molecule has 7 heteroatoms. The van der Waals surface area contributed by atoms with Crippen LogP contribution in [0, 0.1) is 11.6 Å². The maximum absolute atomic E-state index is 14.1. The van der Waals surface area contributed by atoms with Crippen molar-refractivity contribution < 1.29 is 18.3 Å². The summed E-state index contributed by atoms with van der Waals surface area (Å²) in [7, 11) is 0. The van der Waals surface area contributed by atoms with Crippen LogP contribution in [0.3, 0.4) is 0 Å². The van der Waals surface area contributed by atoms with Crippen LogP contribution < -0.4 is 15.4 Å². The molecule has 3 aromatic rings. The first kappa shape index (κ1) is 17.3. The van der Waals surface area contributed by atoms with E-state index in [-0.39, 0.29) is 17.5 Å². The average molecular weight is 355 g/mol. The van der Waals surface area contributed by atoms with Crippen molar-refractivity contribution in [1.82, 2.24) is 4.98 Å². The Bertz CT molecular complexity index is 930. The lowest BCUT2D eigenvalue weighted by Gasteiger charge is -2.10. The fourth-order valence-corrected chi connectivity index (χ4v) is 2.22. The number of halogens is 2. The second-order valence-electron chi connectivity index (χ2n) is 5.44. The fourth-order valence-electron chi connectivity index (χ4n) is 2.22. The number of aromatic nitrogens is 1. The van der Waals surface area contributed by atoms with Crippen LogP contribution in [0.1, 0.15) is 6.92 Å². The molecule has 0 bridgehead atoms. The van der Waals surface area contributed by atoms with Crippen molar-refractivity contribution in [3.8, 4) is 11.5 Å². The van der Waals surface area contributed by atoms with E-state index in [0.717, 1.165) is 0 Å². The number of hydrogen-bond donors (Lipinski definition) is 2. The number of rotatable bonds is 5. The number of ether oxygens (including phenoxy) is 1. The van der Waals surface area contributed by atoms with Gasteiger partial charge in [0.05, 0.1) is 0 Å². The van der Waals surface area contributed by atoms with Gasteiger partial charge >= 0.3 is 0 Å². The van der Waals surface area contributed by atoms with Crippen LogP contribution in [0.25, 0.3) is 0 Å². The molecule has 132 valence electrons. The van der Waals surface area contributed by atoms with Crippen LogP contribution in [0.2, 0.25) is 0 Å². The summed E-state index contributed by atoms with van der Waals surface area (Å²) in [6, 6.07) is 13.1. The Morgan fingerprint density at radius 1 is 1.00 bits per heavy atom. The Morgan fingerprint density at radius 3 is 2.42 bits per heavy atom. The van der Waals surface area contributed by atoms with E-state index >= 15 is 0 Å². The van der Waals surface area contributed by atoms with Crippen LogP contribution in [-0.4, -0.2) is 10.9 Å². The summed E-state index contributed by atoms with van der Waals surface area (Å²) in [6.07, 6.45) is 1.50. The molecule has 1 heterocycles. The van der Waals surface area contributed by atoms with E-state index in [0.29, 0.717) is 22.9 Å². The molecule has 0 aliphatic heterocycles. The minimum atomic E-state index is -0.610. The predicted octanol–water partition coefficient (Wildman–Crippen LogP) is 4.85. The summed E-state index contributed by atoms with van der Waals surface area (Å²) in [4.78, 5) is 15.1. The zero-order valence-corrected chi connectivity index (χ0v) is 13.8. The van der Waals surface area contributed by atoms with Crippen molar-refractivity contribution in [2.24, 2.45) is 0 Å². The first-order valence-corrected chi connectivity index (χ1v) is 7.73. The quantitative estimate of drug-likeness (QED) is 0.686. The standard InChI is InChI=1S/C19H15F2N3O2/c1-12(25)23-15-6-7-18(17(21)10-15)26-16-8-9-22-19(11-16)24-14-4-2-13(20)3-5-14/h2-11H,1H3,(H,22,24)(H,23,25). The van der Waals surface area contributed by atoms with E-state index in [4.69, 9.17) is 4.74 Å². The van der Waals surface area contributed by atoms with Gasteiger partial charge in [0.25, 0.3) is 0 Å². The van der Waals surface area contributed by atoms with Gasteiger partial charge in [-0.2, -0.15) is 0 Å². The minimum absolute atomic E-state index is 0.0121. The van der Waals surface area contributed by atoms with Crippen LogP contribution in [-0.2, 0) is 4.79 Å². The number of nitrogens with zero attached hydrogens (tertiary/aromatic N) is 1. The molecule has 1 aromatic heterocycles. The zero-order chi connectivity index (χ0) is 18.5. The molecule has 0 saturated carbocycles. The van der Waals surface area contributed by atoms with Gasteiger partial charge in [-0.3, -0.25) is 4.79 Å². The Morgan fingerprint density at radius 2 is 1.73 bits per heavy atom. The summed E-state index contributed by atoms with van der Waals surface area (Å²) in [5, 5.41) is 5.50. The minimum Gasteiger partial charge on any atom is -0.454 e. The van der Waals surface area contributed by atoms with E-state index in [2.05, 4.69) is 15.6 Å². The van der Waals surface area contributed by atoms with Gasteiger partial charge in [-0.25, -0.2) is 13.8 Å². The lowest BCUT2D eigenvalue weighted by atomic mass is 10.3. The predicted molar refractivity (Wildman–Crippen MR) is 94.7 cm³/mol. The zero-order valence-electron chi connectivity index (χ0n) is 13.8. The third kappa shape index (κ3) is 4.54. The first-order valence-electron chi connectivity index (χ1n) is 7.73. The molecule has 0 spiro atoms. The topological polar surface area (TPSA) is 63.2 Å². The highest BCUT2D eigenvalue weighted by Gasteiger charge is 2.08. The van der Waals surface area contributed by atoms with Gasteiger partial charge < -0.3 is 15.4 Å². The van der Waals surface area contributed by atoms with Crippen molar-refractivity contribution >= 4 is 23.1 Å². The van der Waals surface area contributed by atoms with Crippen molar-refractivity contribution in [3.05, 3.63) is 72.4 Å². The van der Waals surface area contributed by atoms with Crippen LogP contribution in [0.15, 0.2) is 60.8 Å². The molecular weight excluding hydrogens is 340 g/mol. The van der Waals surface area contributed by atoms with Gasteiger partial charge in [-0.15, -0.1) is 0 Å². The molecule has 1 amide bonds. The smallest absolute Gasteiger partial charge is 0.221 e. The highest BCUT2D eigenvalue weighted by molar-refractivity contribution is 5.88. The van der Waals surface area contributed by atoms with Crippen LogP contribution in [0.4, 0.5) is 26.0 Å². The third-order valence-electron chi connectivity index (χ3n) is 3.33. The SMILES string of the molecule is CC(=O)Nc1ccc(Oc2ccnc(Nc3ccc(F)cc3)c2)c(F)c1. The maximum Gasteiger partial charge on any atom is 0.221 e. The Labute approximate surface area is 148 Å². The lowest BCUT2D eigenvalue weighted by Crippen LogP contribution is -2.05. The number of anilines is 3. The highest BCUT2D eigenvalue weighted by atomic mass is 19.1. The average Bonchev–Trinajstić information content (AvgIpc) is 2.59. The molecule has 5 nitrogen and oxygen atoms in total. The number of hydrogen-bond acceptors (Lipinski definition) is 4. The molecule has 0 aliphatic carbocycles. The van der Waals surface area contributed by atoms with Crippen molar-refractivity contribution in [2.75, 3.05) is 10.6 Å². The molecular formula is C19H15F2N3O2. The summed E-state index contributed by atoms with van der Waals surface area (Å²) >= 11 is 0. The second-order valence-corrected chi connectivity index (χ2v) is 5.44. The normalized spacial score (nSPS) is 10.3. The molecule has 0 radical (unpaired) electrons. The summed E-state index contributed by atoms with van der Waals surface area (Å²) in [5.74, 6) is -0.387. The third-order valence-corrected chi connectivity index (χ3v) is 3.33. The molecule has 0 unspecified atom stereocenters. The highest BCUT2D eigenvalue weighted by Crippen LogP contribution is 2.28. The van der Waals surface area contributed by atoms with E-state index in [9.17, 15) is 13.6 Å². The summed E-state index contributed by atoms with van der Waals surface area (Å²) in [5.41, 5.74) is 0.998. The van der Waals surface area contributed by atoms with E-state index < -0.39 is 5.82 Å². The molecule has 0 atom stereocenters. The van der Waals surface area contributed by atoms with Gasteiger partial charge in [0.15, 0.2) is 11.6 Å². The molecule has 26 heavy (non-hydrogen) atoms. The number of carbonyl (C=O) groups is 1. The number of carbonyl (C=O) groups excluding carboxylic acids is 1. The number of amides is 1. The number of pyridine rings is 1. The first-order chi connectivity index (χ1) is 12.5. The monoisotopic (exact) mass is 355 g/mol. The Kier molecular flexibility index (Phi) is 5.07. The molecule has 0 saturated heterocycles. The maximum atomic E-state index is 14.1. The number of benzene rings is 2. The van der Waals surface area contributed by atoms with Gasteiger partial charge in [0, 0.05) is 36.6 Å². The molecule has 2 N–H and O–H groups in total. The van der Waals surface area contributed by atoms with Gasteiger partial charge in [0.1, 0.15) is 17.4 Å². The van der Waals surface area contributed by atoms with Crippen LogP contribution in [0.5, 0.6) is 11.5 Å². The largest absolute Gasteiger partial charge is 0.454 e. The lowest BCUT2D eigenvalue weighted by molar-refractivity contribution is -0.114. The van der Waals surface area contributed by atoms with E-state index in [1.165, 1.54) is 37.4 Å². The summed E-state index contributed by atoms with van der Waals surface area (Å²) < 4.78 is 32.6. The van der Waals surface area contributed by atoms with Crippen molar-refractivity contribution in [3.63, 3.8) is 0 Å². The Hall–Kier alpha value is -3.48. The van der Waals surface area contributed by atoms with Crippen LogP contribution >= 0.6 is 0 Å². The molecule has 0 fully saturated rings. The molecule has 3 rings (SSSR count). The second kappa shape index (κ2) is 7.60. The van der Waals surface area contributed by atoms with E-state index in [1.807, 2.05) is 0 Å². The molecule has 0 aliphatic rings. The fraction of sp³-hybridized carbons (Fsp3) is 0.0526.